The highest BCUT2D eigenvalue weighted by atomic mass is 32.2. The van der Waals surface area contributed by atoms with Crippen LogP contribution in [-0.4, -0.2) is 46.8 Å². The van der Waals surface area contributed by atoms with Crippen LogP contribution in [0.15, 0.2) is 12.4 Å². The van der Waals surface area contributed by atoms with Gasteiger partial charge in [0.05, 0.1) is 6.10 Å². The highest BCUT2D eigenvalue weighted by molar-refractivity contribution is 8.00. The lowest BCUT2D eigenvalue weighted by Crippen LogP contribution is -2.39. The van der Waals surface area contributed by atoms with Gasteiger partial charge in [0.1, 0.15) is 0 Å². The summed E-state index contributed by atoms with van der Waals surface area (Å²) in [6, 6.07) is 0. The zero-order valence-electron chi connectivity index (χ0n) is 12.4. The lowest BCUT2D eigenvalue weighted by Gasteiger charge is -2.35. The summed E-state index contributed by atoms with van der Waals surface area (Å²) in [5, 5.41) is 3.41. The molecule has 2 heterocycles. The Balaban J connectivity index is 2.02. The molecule has 0 aromatic carbocycles. The molecule has 20 heavy (non-hydrogen) atoms. The van der Waals surface area contributed by atoms with Crippen LogP contribution in [0.1, 0.15) is 26.7 Å². The van der Waals surface area contributed by atoms with E-state index in [9.17, 15) is 0 Å². The Morgan fingerprint density at radius 3 is 2.70 bits per heavy atom. The topological polar surface area (TPSA) is 56.3 Å². The van der Waals surface area contributed by atoms with Gasteiger partial charge in [-0.1, -0.05) is 0 Å². The van der Waals surface area contributed by atoms with Crippen LogP contribution < -0.4 is 10.1 Å². The number of nitrogens with zero attached hydrogens (tertiary/aromatic N) is 2. The predicted molar refractivity (Wildman–Crippen MR) is 82.6 cm³/mol. The lowest BCUT2D eigenvalue weighted by molar-refractivity contribution is 0.0802. The first-order valence-electron chi connectivity index (χ1n) is 7.00. The first-order chi connectivity index (χ1) is 9.65. The number of ether oxygens (including phenoxy) is 2. The third-order valence-corrected chi connectivity index (χ3v) is 4.85. The zero-order valence-corrected chi connectivity index (χ0v) is 13.2. The molecule has 0 atom stereocenters. The number of anilines is 1. The fourth-order valence-corrected chi connectivity index (χ4v) is 2.99. The molecule has 2 rings (SSSR count). The van der Waals surface area contributed by atoms with Crippen LogP contribution >= 0.6 is 11.8 Å². The van der Waals surface area contributed by atoms with E-state index in [1.807, 2.05) is 25.6 Å². The second kappa shape index (κ2) is 7.13. The van der Waals surface area contributed by atoms with Gasteiger partial charge in [-0.15, -0.1) is 0 Å². The van der Waals surface area contributed by atoms with Crippen molar-refractivity contribution in [1.82, 2.24) is 9.97 Å². The maximum Gasteiger partial charge on any atom is 0.257 e. The standard InChI is InChI=1S/C14H23N3O2S/c1-11(2)19-13-12(15-6-7-16-13)17-10-14(20-3)4-8-18-9-5-14/h6-7,11H,4-5,8-10H2,1-3H3,(H,15,17). The minimum absolute atomic E-state index is 0.0878. The van der Waals surface area contributed by atoms with E-state index >= 15 is 0 Å². The number of hydrogen-bond acceptors (Lipinski definition) is 6. The van der Waals surface area contributed by atoms with Crippen LogP contribution in [0.2, 0.25) is 0 Å². The van der Waals surface area contributed by atoms with Crippen LogP contribution in [0.4, 0.5) is 5.82 Å². The van der Waals surface area contributed by atoms with Crippen LogP contribution in [0.5, 0.6) is 5.88 Å². The minimum Gasteiger partial charge on any atom is -0.472 e. The van der Waals surface area contributed by atoms with Gasteiger partial charge in [-0.25, -0.2) is 9.97 Å². The van der Waals surface area contributed by atoms with E-state index in [1.165, 1.54) is 0 Å². The Morgan fingerprint density at radius 1 is 1.35 bits per heavy atom. The Morgan fingerprint density at radius 2 is 2.05 bits per heavy atom. The molecule has 1 aromatic rings. The van der Waals surface area contributed by atoms with Gasteiger partial charge in [0, 0.05) is 36.9 Å². The molecule has 0 unspecified atom stereocenters. The van der Waals surface area contributed by atoms with Crippen molar-refractivity contribution in [3.8, 4) is 5.88 Å². The molecule has 0 radical (unpaired) electrons. The zero-order chi connectivity index (χ0) is 14.4. The summed E-state index contributed by atoms with van der Waals surface area (Å²) in [6.45, 7) is 6.49. The highest BCUT2D eigenvalue weighted by Gasteiger charge is 2.32. The average molecular weight is 297 g/mol. The van der Waals surface area contributed by atoms with E-state index in [4.69, 9.17) is 9.47 Å². The number of thioether (sulfide) groups is 1. The maximum atomic E-state index is 5.68. The molecule has 1 aliphatic rings. The van der Waals surface area contributed by atoms with E-state index in [-0.39, 0.29) is 10.9 Å². The number of aromatic nitrogens is 2. The molecule has 1 aliphatic heterocycles. The van der Waals surface area contributed by atoms with Crippen molar-refractivity contribution in [2.45, 2.75) is 37.5 Å². The highest BCUT2D eigenvalue weighted by Crippen LogP contribution is 2.34. The van der Waals surface area contributed by atoms with Gasteiger partial charge in [-0.05, 0) is 32.9 Å². The van der Waals surface area contributed by atoms with Gasteiger partial charge in [0.15, 0.2) is 5.82 Å². The molecule has 1 aromatic heterocycles. The molecular formula is C14H23N3O2S. The van der Waals surface area contributed by atoms with Crippen LogP contribution in [0.3, 0.4) is 0 Å². The first kappa shape index (κ1) is 15.4. The van der Waals surface area contributed by atoms with Crippen LogP contribution in [-0.2, 0) is 4.74 Å². The molecule has 1 saturated heterocycles. The van der Waals surface area contributed by atoms with E-state index in [0.29, 0.717) is 5.88 Å². The van der Waals surface area contributed by atoms with Crippen LogP contribution in [0, 0.1) is 0 Å². The number of hydrogen-bond donors (Lipinski definition) is 1. The second-order valence-corrected chi connectivity index (χ2v) is 6.50. The summed E-state index contributed by atoms with van der Waals surface area (Å²) in [5.41, 5.74) is 0. The molecular weight excluding hydrogens is 274 g/mol. The van der Waals surface area contributed by atoms with Gasteiger partial charge in [-0.2, -0.15) is 11.8 Å². The molecule has 112 valence electrons. The van der Waals surface area contributed by atoms with Crippen molar-refractivity contribution < 1.29 is 9.47 Å². The van der Waals surface area contributed by atoms with Gasteiger partial charge in [-0.3, -0.25) is 0 Å². The van der Waals surface area contributed by atoms with Crippen molar-refractivity contribution in [3.05, 3.63) is 12.4 Å². The summed E-state index contributed by atoms with van der Waals surface area (Å²) in [6.07, 6.45) is 7.70. The second-order valence-electron chi connectivity index (χ2n) is 5.23. The summed E-state index contributed by atoms with van der Waals surface area (Å²) in [5.74, 6) is 1.30. The molecule has 0 aliphatic carbocycles. The Kier molecular flexibility index (Phi) is 5.48. The predicted octanol–water partition coefficient (Wildman–Crippen LogP) is 2.59. The van der Waals surface area contributed by atoms with E-state index < -0.39 is 0 Å². The minimum atomic E-state index is 0.0878. The Hall–Kier alpha value is -1.01. The van der Waals surface area contributed by atoms with Crippen molar-refractivity contribution in [2.24, 2.45) is 0 Å². The van der Waals surface area contributed by atoms with Crippen molar-refractivity contribution in [3.63, 3.8) is 0 Å². The van der Waals surface area contributed by atoms with Crippen molar-refractivity contribution in [2.75, 3.05) is 31.3 Å². The van der Waals surface area contributed by atoms with Gasteiger partial charge < -0.3 is 14.8 Å². The first-order valence-corrected chi connectivity index (χ1v) is 8.22. The van der Waals surface area contributed by atoms with E-state index in [2.05, 4.69) is 21.5 Å². The van der Waals surface area contributed by atoms with E-state index in [0.717, 1.165) is 38.4 Å². The molecule has 0 amide bonds. The van der Waals surface area contributed by atoms with Crippen molar-refractivity contribution >= 4 is 17.6 Å². The molecule has 5 nitrogen and oxygen atoms in total. The average Bonchev–Trinajstić information content (AvgIpc) is 2.47. The molecule has 1 fully saturated rings. The van der Waals surface area contributed by atoms with Gasteiger partial charge in [0.2, 0.25) is 0 Å². The third-order valence-electron chi connectivity index (χ3n) is 3.43. The quantitative estimate of drug-likeness (QED) is 0.871. The molecule has 6 heteroatoms. The summed E-state index contributed by atoms with van der Waals surface area (Å²) in [7, 11) is 0. The molecule has 1 N–H and O–H groups in total. The Labute approximate surface area is 124 Å². The monoisotopic (exact) mass is 297 g/mol. The number of rotatable bonds is 6. The van der Waals surface area contributed by atoms with Gasteiger partial charge in [0.25, 0.3) is 5.88 Å². The largest absolute Gasteiger partial charge is 0.472 e. The van der Waals surface area contributed by atoms with Gasteiger partial charge >= 0.3 is 0 Å². The number of nitrogens with one attached hydrogen (secondary N) is 1. The van der Waals surface area contributed by atoms with E-state index in [1.54, 1.807) is 12.4 Å². The van der Waals surface area contributed by atoms with Crippen LogP contribution in [0.25, 0.3) is 0 Å². The maximum absolute atomic E-state index is 5.68. The Bertz CT molecular complexity index is 423. The SMILES string of the molecule is CSC1(CNc2nccnc2OC(C)C)CCOCC1. The van der Waals surface area contributed by atoms with Crippen molar-refractivity contribution in [1.29, 1.82) is 0 Å². The normalized spacial score (nSPS) is 18.0. The summed E-state index contributed by atoms with van der Waals surface area (Å²) < 4.78 is 11.4. The summed E-state index contributed by atoms with van der Waals surface area (Å²) >= 11 is 1.90. The summed E-state index contributed by atoms with van der Waals surface area (Å²) in [4.78, 5) is 8.59. The fraction of sp³-hybridized carbons (Fsp3) is 0.714. The third kappa shape index (κ3) is 3.99. The molecule has 0 saturated carbocycles. The molecule has 0 spiro atoms. The lowest BCUT2D eigenvalue weighted by atomic mass is 9.99. The smallest absolute Gasteiger partial charge is 0.257 e. The fourth-order valence-electron chi connectivity index (χ4n) is 2.20. The molecule has 0 bridgehead atoms.